The number of ether oxygens (including phenoxy) is 2. The van der Waals surface area contributed by atoms with Gasteiger partial charge < -0.3 is 19.7 Å². The van der Waals surface area contributed by atoms with Gasteiger partial charge in [0.25, 0.3) is 5.91 Å². The van der Waals surface area contributed by atoms with Crippen molar-refractivity contribution in [3.8, 4) is 28.4 Å². The van der Waals surface area contributed by atoms with Crippen molar-refractivity contribution in [1.82, 2.24) is 15.1 Å². The lowest BCUT2D eigenvalue weighted by Crippen LogP contribution is -3.06. The van der Waals surface area contributed by atoms with Crippen molar-refractivity contribution in [3.05, 3.63) is 60.3 Å². The molecule has 29 heavy (non-hydrogen) atoms. The molecule has 0 spiro atoms. The van der Waals surface area contributed by atoms with Crippen LogP contribution in [0.4, 0.5) is 0 Å². The van der Waals surface area contributed by atoms with Crippen LogP contribution in [0, 0.1) is 0 Å². The highest BCUT2D eigenvalue weighted by Gasteiger charge is 2.18. The van der Waals surface area contributed by atoms with Crippen LogP contribution in [0.15, 0.2) is 54.6 Å². The van der Waals surface area contributed by atoms with Gasteiger partial charge >= 0.3 is 0 Å². The summed E-state index contributed by atoms with van der Waals surface area (Å²) in [5.41, 5.74) is 2.89. The molecule has 0 radical (unpaired) electrons. The summed E-state index contributed by atoms with van der Waals surface area (Å²) < 4.78 is 12.1. The van der Waals surface area contributed by atoms with E-state index in [-0.39, 0.29) is 5.91 Å². The second-order valence-corrected chi connectivity index (χ2v) is 6.97. The Morgan fingerprint density at radius 3 is 2.14 bits per heavy atom. The summed E-state index contributed by atoms with van der Waals surface area (Å²) in [6.07, 6.45) is 0. The van der Waals surface area contributed by atoms with Crippen LogP contribution in [-0.2, 0) is 0 Å². The Morgan fingerprint density at radius 2 is 1.59 bits per heavy atom. The molecule has 0 fully saturated rings. The van der Waals surface area contributed by atoms with Crippen molar-refractivity contribution in [1.29, 1.82) is 0 Å². The maximum Gasteiger partial charge on any atom is 0.270 e. The van der Waals surface area contributed by atoms with E-state index in [9.17, 15) is 4.79 Å². The molecule has 0 bridgehead atoms. The topological polar surface area (TPSA) is 69.8 Å². The standard InChI is InChI=1S/C22H26N4O3/c1-25(2)14-13-23-22(27)21-15-20(16-5-9-18(28-3)10-6-16)24-26(21)17-7-11-19(29-4)12-8-17/h5-12,15H,13-14H2,1-4H3,(H,23,27)/p+1. The molecule has 0 aliphatic carbocycles. The fourth-order valence-electron chi connectivity index (χ4n) is 2.88. The normalized spacial score (nSPS) is 10.8. The van der Waals surface area contributed by atoms with E-state index in [1.54, 1.807) is 18.9 Å². The van der Waals surface area contributed by atoms with E-state index in [0.29, 0.717) is 17.9 Å². The van der Waals surface area contributed by atoms with Crippen molar-refractivity contribution in [2.24, 2.45) is 0 Å². The van der Waals surface area contributed by atoms with E-state index >= 15 is 0 Å². The molecular formula is C22H27N4O3+. The van der Waals surface area contributed by atoms with Crippen LogP contribution in [0.5, 0.6) is 11.5 Å². The Labute approximate surface area is 170 Å². The molecule has 0 atom stereocenters. The number of benzene rings is 2. The van der Waals surface area contributed by atoms with E-state index in [1.807, 2.05) is 54.6 Å². The van der Waals surface area contributed by atoms with Gasteiger partial charge in [-0.05, 0) is 54.6 Å². The summed E-state index contributed by atoms with van der Waals surface area (Å²) in [7, 11) is 7.35. The van der Waals surface area contributed by atoms with Gasteiger partial charge in [-0.25, -0.2) is 4.68 Å². The summed E-state index contributed by atoms with van der Waals surface area (Å²) >= 11 is 0. The van der Waals surface area contributed by atoms with Crippen LogP contribution in [-0.4, -0.2) is 57.1 Å². The maximum absolute atomic E-state index is 12.9. The molecule has 3 aromatic rings. The Morgan fingerprint density at radius 1 is 1.00 bits per heavy atom. The predicted molar refractivity (Wildman–Crippen MR) is 112 cm³/mol. The van der Waals surface area contributed by atoms with Crippen LogP contribution >= 0.6 is 0 Å². The van der Waals surface area contributed by atoms with E-state index in [0.717, 1.165) is 29.3 Å². The monoisotopic (exact) mass is 395 g/mol. The minimum absolute atomic E-state index is 0.158. The van der Waals surface area contributed by atoms with Gasteiger partial charge in [0, 0.05) is 5.56 Å². The zero-order chi connectivity index (χ0) is 20.8. The largest absolute Gasteiger partial charge is 0.497 e. The number of methoxy groups -OCH3 is 2. The third-order valence-corrected chi connectivity index (χ3v) is 4.56. The molecule has 1 aromatic heterocycles. The molecule has 3 rings (SSSR count). The third kappa shape index (κ3) is 4.94. The van der Waals surface area contributed by atoms with Crippen molar-refractivity contribution in [2.75, 3.05) is 41.4 Å². The second kappa shape index (κ2) is 9.25. The summed E-state index contributed by atoms with van der Waals surface area (Å²) in [6, 6.07) is 16.9. The number of nitrogens with zero attached hydrogens (tertiary/aromatic N) is 2. The number of nitrogens with one attached hydrogen (secondary N) is 2. The van der Waals surface area contributed by atoms with Gasteiger partial charge in [0.15, 0.2) is 0 Å². The summed E-state index contributed by atoms with van der Waals surface area (Å²) in [4.78, 5) is 14.1. The molecule has 7 heteroatoms. The highest BCUT2D eigenvalue weighted by molar-refractivity contribution is 5.94. The van der Waals surface area contributed by atoms with Crippen LogP contribution in [0.3, 0.4) is 0 Å². The van der Waals surface area contributed by atoms with Crippen LogP contribution in [0.1, 0.15) is 10.5 Å². The zero-order valence-corrected chi connectivity index (χ0v) is 17.2. The van der Waals surface area contributed by atoms with E-state index < -0.39 is 0 Å². The average molecular weight is 395 g/mol. The lowest BCUT2D eigenvalue weighted by atomic mass is 10.1. The number of quaternary nitrogens is 1. The van der Waals surface area contributed by atoms with Crippen molar-refractivity contribution in [3.63, 3.8) is 0 Å². The number of rotatable bonds is 8. The highest BCUT2D eigenvalue weighted by atomic mass is 16.5. The first-order chi connectivity index (χ1) is 14.0. The smallest absolute Gasteiger partial charge is 0.270 e. The Balaban J connectivity index is 1.96. The minimum atomic E-state index is -0.158. The predicted octanol–water partition coefficient (Wildman–Crippen LogP) is 1.43. The number of hydrogen-bond acceptors (Lipinski definition) is 4. The summed E-state index contributed by atoms with van der Waals surface area (Å²) in [5, 5.41) is 7.68. The Kier molecular flexibility index (Phi) is 6.51. The molecule has 1 amide bonds. The molecule has 0 aliphatic heterocycles. The summed E-state index contributed by atoms with van der Waals surface area (Å²) in [6.45, 7) is 1.43. The molecule has 0 saturated heterocycles. The first-order valence-electron chi connectivity index (χ1n) is 9.48. The molecule has 1 heterocycles. The maximum atomic E-state index is 12.9. The quantitative estimate of drug-likeness (QED) is 0.606. The SMILES string of the molecule is COc1ccc(-c2cc(C(=O)NCC[NH+](C)C)n(-c3ccc(OC)cc3)n2)cc1. The molecule has 152 valence electrons. The molecule has 0 unspecified atom stereocenters. The van der Waals surface area contributed by atoms with Gasteiger partial charge in [-0.1, -0.05) is 0 Å². The molecule has 2 aromatic carbocycles. The van der Waals surface area contributed by atoms with Gasteiger partial charge in [-0.15, -0.1) is 0 Å². The first-order valence-corrected chi connectivity index (χ1v) is 9.48. The van der Waals surface area contributed by atoms with E-state index in [1.165, 1.54) is 4.90 Å². The number of carbonyl (C=O) groups excluding carboxylic acids is 1. The fourth-order valence-corrected chi connectivity index (χ4v) is 2.88. The van der Waals surface area contributed by atoms with Crippen molar-refractivity contribution >= 4 is 5.91 Å². The summed E-state index contributed by atoms with van der Waals surface area (Å²) in [5.74, 6) is 1.36. The lowest BCUT2D eigenvalue weighted by molar-refractivity contribution is -0.856. The van der Waals surface area contributed by atoms with Crippen LogP contribution in [0.2, 0.25) is 0 Å². The molecule has 0 aliphatic rings. The number of likely N-dealkylation sites (N-methyl/N-ethyl adjacent to an activating group) is 1. The number of amides is 1. The lowest BCUT2D eigenvalue weighted by Gasteiger charge is -2.10. The Bertz CT molecular complexity index is 947. The third-order valence-electron chi connectivity index (χ3n) is 4.56. The highest BCUT2D eigenvalue weighted by Crippen LogP contribution is 2.25. The van der Waals surface area contributed by atoms with Gasteiger partial charge in [0.1, 0.15) is 17.2 Å². The molecule has 2 N–H and O–H groups in total. The average Bonchev–Trinajstić information content (AvgIpc) is 3.19. The number of carbonyl (C=O) groups is 1. The van der Waals surface area contributed by atoms with Gasteiger partial charge in [-0.3, -0.25) is 4.79 Å². The van der Waals surface area contributed by atoms with Crippen molar-refractivity contribution in [2.45, 2.75) is 0 Å². The van der Waals surface area contributed by atoms with Crippen LogP contribution in [0.25, 0.3) is 16.9 Å². The Hall–Kier alpha value is -3.32. The van der Waals surface area contributed by atoms with Gasteiger partial charge in [-0.2, -0.15) is 5.10 Å². The van der Waals surface area contributed by atoms with Crippen LogP contribution < -0.4 is 19.7 Å². The number of hydrogen-bond donors (Lipinski definition) is 2. The van der Waals surface area contributed by atoms with Crippen molar-refractivity contribution < 1.29 is 19.2 Å². The second-order valence-electron chi connectivity index (χ2n) is 6.97. The number of aromatic nitrogens is 2. The van der Waals surface area contributed by atoms with Gasteiger partial charge in [0.2, 0.25) is 0 Å². The minimum Gasteiger partial charge on any atom is -0.497 e. The molecule has 0 saturated carbocycles. The first kappa shape index (κ1) is 20.4. The molecular weight excluding hydrogens is 368 g/mol. The zero-order valence-electron chi connectivity index (χ0n) is 17.2. The van der Waals surface area contributed by atoms with Gasteiger partial charge in [0.05, 0.1) is 52.8 Å². The molecule has 7 nitrogen and oxygen atoms in total. The fraction of sp³-hybridized carbons (Fsp3) is 0.273. The van der Waals surface area contributed by atoms with E-state index in [2.05, 4.69) is 19.4 Å². The van der Waals surface area contributed by atoms with E-state index in [4.69, 9.17) is 14.6 Å².